The molecular weight excluding hydrogens is 314 g/mol. The maximum absolute atomic E-state index is 12.1. The lowest BCUT2D eigenvalue weighted by Crippen LogP contribution is -2.27. The van der Waals surface area contributed by atoms with Crippen LogP contribution in [-0.2, 0) is 23.0 Å². The summed E-state index contributed by atoms with van der Waals surface area (Å²) in [7, 11) is -0.241. The van der Waals surface area contributed by atoms with Gasteiger partial charge in [0, 0.05) is 18.2 Å². The number of aryl methyl sites for hydroxylation is 1. The van der Waals surface area contributed by atoms with Crippen LogP contribution in [0, 0.1) is 0 Å². The first-order valence-electron chi connectivity index (χ1n) is 7.26. The molecule has 0 fully saturated rings. The molecule has 0 unspecified atom stereocenters. The first-order valence-corrected chi connectivity index (χ1v) is 8.91. The van der Waals surface area contributed by atoms with Crippen molar-refractivity contribution < 1.29 is 17.9 Å². The van der Waals surface area contributed by atoms with E-state index in [9.17, 15) is 8.42 Å². The molecule has 5 nitrogen and oxygen atoms in total. The van der Waals surface area contributed by atoms with Crippen LogP contribution in [-0.4, -0.2) is 28.4 Å². The van der Waals surface area contributed by atoms with Crippen LogP contribution in [0.1, 0.15) is 11.1 Å². The molecule has 23 heavy (non-hydrogen) atoms. The molecule has 0 aliphatic carbocycles. The number of benzene rings is 2. The molecule has 0 heterocycles. The second kappa shape index (κ2) is 7.99. The summed E-state index contributed by atoms with van der Waals surface area (Å²) in [6.07, 6.45) is 0.482. The molecule has 0 amide bonds. The number of nitrogens with one attached hydrogen (secondary N) is 1. The van der Waals surface area contributed by atoms with Gasteiger partial charge in [0.15, 0.2) is 0 Å². The number of rotatable bonds is 8. The first-order chi connectivity index (χ1) is 11.0. The monoisotopic (exact) mass is 335 g/mol. The fraction of sp³-hybridized carbons (Fsp3) is 0.294. The minimum absolute atomic E-state index is 0.0511. The molecular formula is C17H21NO4S. The van der Waals surface area contributed by atoms with E-state index in [1.807, 2.05) is 30.3 Å². The van der Waals surface area contributed by atoms with Crippen LogP contribution in [0.2, 0.25) is 0 Å². The molecule has 0 saturated carbocycles. The lowest BCUT2D eigenvalue weighted by atomic mass is 10.2. The number of sulfonamides is 1. The Hall–Kier alpha value is -2.05. The van der Waals surface area contributed by atoms with Gasteiger partial charge in [0.25, 0.3) is 0 Å². The molecule has 0 radical (unpaired) electrons. The van der Waals surface area contributed by atoms with E-state index in [4.69, 9.17) is 9.47 Å². The van der Waals surface area contributed by atoms with Crippen molar-refractivity contribution in [3.63, 3.8) is 0 Å². The summed E-state index contributed by atoms with van der Waals surface area (Å²) in [6, 6.07) is 14.8. The van der Waals surface area contributed by atoms with E-state index in [0.29, 0.717) is 17.9 Å². The highest BCUT2D eigenvalue weighted by Gasteiger charge is 2.12. The van der Waals surface area contributed by atoms with Gasteiger partial charge in [-0.15, -0.1) is 0 Å². The minimum Gasteiger partial charge on any atom is -0.497 e. The molecule has 0 atom stereocenters. The quantitative estimate of drug-likeness (QED) is 0.804. The summed E-state index contributed by atoms with van der Waals surface area (Å²) in [4.78, 5) is 0. The summed E-state index contributed by atoms with van der Waals surface area (Å²) in [5.74, 6) is 1.31. The van der Waals surface area contributed by atoms with Crippen LogP contribution >= 0.6 is 0 Å². The maximum atomic E-state index is 12.1. The van der Waals surface area contributed by atoms with Crippen molar-refractivity contribution >= 4 is 10.0 Å². The highest BCUT2D eigenvalue weighted by Crippen LogP contribution is 2.24. The van der Waals surface area contributed by atoms with Gasteiger partial charge in [0.1, 0.15) is 11.5 Å². The Kier molecular flexibility index (Phi) is 6.01. The van der Waals surface area contributed by atoms with Crippen LogP contribution in [0.25, 0.3) is 0 Å². The van der Waals surface area contributed by atoms with Crippen LogP contribution in [0.4, 0.5) is 0 Å². The van der Waals surface area contributed by atoms with E-state index in [1.54, 1.807) is 32.4 Å². The fourth-order valence-corrected chi connectivity index (χ4v) is 3.18. The number of methoxy groups -OCH3 is 2. The zero-order valence-electron chi connectivity index (χ0n) is 13.3. The maximum Gasteiger partial charge on any atom is 0.212 e. The largest absolute Gasteiger partial charge is 0.497 e. The number of ether oxygens (including phenoxy) is 2. The average Bonchev–Trinajstić information content (AvgIpc) is 2.59. The Bertz CT molecular complexity index is 730. The molecule has 124 valence electrons. The summed E-state index contributed by atoms with van der Waals surface area (Å²) in [6.45, 7) is 0.185. The highest BCUT2D eigenvalue weighted by atomic mass is 32.2. The number of hydrogen-bond donors (Lipinski definition) is 1. The zero-order valence-corrected chi connectivity index (χ0v) is 14.1. The SMILES string of the molecule is COc1ccc(CNS(=O)(=O)CCc2ccccc2)c(OC)c1. The molecule has 0 bridgehead atoms. The Morgan fingerprint density at radius 1 is 1.00 bits per heavy atom. The summed E-state index contributed by atoms with van der Waals surface area (Å²) < 4.78 is 37.2. The van der Waals surface area contributed by atoms with Gasteiger partial charge >= 0.3 is 0 Å². The molecule has 2 rings (SSSR count). The normalized spacial score (nSPS) is 11.2. The van der Waals surface area contributed by atoms with E-state index in [2.05, 4.69) is 4.72 Å². The Balaban J connectivity index is 1.96. The van der Waals surface area contributed by atoms with Crippen LogP contribution in [0.15, 0.2) is 48.5 Å². The van der Waals surface area contributed by atoms with Gasteiger partial charge in [-0.05, 0) is 18.1 Å². The van der Waals surface area contributed by atoms with Crippen LogP contribution in [0.3, 0.4) is 0 Å². The molecule has 0 saturated heterocycles. The Morgan fingerprint density at radius 3 is 2.39 bits per heavy atom. The standard InChI is InChI=1S/C17H21NO4S/c1-21-16-9-8-15(17(12-16)22-2)13-18-23(19,20)11-10-14-6-4-3-5-7-14/h3-9,12,18H,10-11,13H2,1-2H3. The molecule has 0 aromatic heterocycles. The first kappa shape index (κ1) is 17.3. The van der Waals surface area contributed by atoms with Gasteiger partial charge in [-0.25, -0.2) is 13.1 Å². The van der Waals surface area contributed by atoms with Crippen molar-refractivity contribution in [2.45, 2.75) is 13.0 Å². The predicted octanol–water partition coefficient (Wildman–Crippen LogP) is 2.37. The smallest absolute Gasteiger partial charge is 0.212 e. The molecule has 0 aliphatic heterocycles. The minimum atomic E-state index is -3.36. The van der Waals surface area contributed by atoms with Crippen LogP contribution in [0.5, 0.6) is 11.5 Å². The van der Waals surface area contributed by atoms with Gasteiger partial charge in [-0.3, -0.25) is 0 Å². The fourth-order valence-electron chi connectivity index (χ4n) is 2.15. The summed E-state index contributed by atoms with van der Waals surface area (Å²) in [5.41, 5.74) is 1.76. The molecule has 0 spiro atoms. The van der Waals surface area contributed by atoms with Crippen LogP contribution < -0.4 is 14.2 Å². The summed E-state index contributed by atoms with van der Waals surface area (Å²) in [5, 5.41) is 0. The Labute approximate surface area is 137 Å². The van der Waals surface area contributed by atoms with Crippen molar-refractivity contribution in [1.82, 2.24) is 4.72 Å². The van der Waals surface area contributed by atoms with Crippen molar-refractivity contribution in [3.8, 4) is 11.5 Å². The molecule has 1 N–H and O–H groups in total. The lowest BCUT2D eigenvalue weighted by molar-refractivity contribution is 0.390. The second-order valence-electron chi connectivity index (χ2n) is 5.05. The van der Waals surface area contributed by atoms with Crippen molar-refractivity contribution in [3.05, 3.63) is 59.7 Å². The molecule has 2 aromatic rings. The topological polar surface area (TPSA) is 64.6 Å². The van der Waals surface area contributed by atoms with E-state index in [-0.39, 0.29) is 12.3 Å². The second-order valence-corrected chi connectivity index (χ2v) is 6.98. The van der Waals surface area contributed by atoms with Gasteiger partial charge in [-0.1, -0.05) is 36.4 Å². The van der Waals surface area contributed by atoms with E-state index < -0.39 is 10.0 Å². The van der Waals surface area contributed by atoms with Gasteiger partial charge in [0.05, 0.1) is 20.0 Å². The highest BCUT2D eigenvalue weighted by molar-refractivity contribution is 7.89. The van der Waals surface area contributed by atoms with E-state index >= 15 is 0 Å². The molecule has 2 aromatic carbocycles. The summed E-state index contributed by atoms with van der Waals surface area (Å²) >= 11 is 0. The van der Waals surface area contributed by atoms with E-state index in [0.717, 1.165) is 11.1 Å². The van der Waals surface area contributed by atoms with E-state index in [1.165, 1.54) is 0 Å². The Morgan fingerprint density at radius 2 is 1.74 bits per heavy atom. The third-order valence-electron chi connectivity index (χ3n) is 3.48. The van der Waals surface area contributed by atoms with Crippen molar-refractivity contribution in [2.75, 3.05) is 20.0 Å². The molecule has 6 heteroatoms. The van der Waals surface area contributed by atoms with Crippen molar-refractivity contribution in [1.29, 1.82) is 0 Å². The average molecular weight is 335 g/mol. The lowest BCUT2D eigenvalue weighted by Gasteiger charge is -2.11. The van der Waals surface area contributed by atoms with Gasteiger partial charge in [0.2, 0.25) is 10.0 Å². The predicted molar refractivity (Wildman–Crippen MR) is 90.3 cm³/mol. The van der Waals surface area contributed by atoms with Crippen molar-refractivity contribution in [2.24, 2.45) is 0 Å². The van der Waals surface area contributed by atoms with Gasteiger partial charge < -0.3 is 9.47 Å². The third kappa shape index (κ3) is 5.26. The molecule has 0 aliphatic rings. The zero-order chi connectivity index (χ0) is 16.7. The third-order valence-corrected chi connectivity index (χ3v) is 4.80. The van der Waals surface area contributed by atoms with Gasteiger partial charge in [-0.2, -0.15) is 0 Å². The number of hydrogen-bond acceptors (Lipinski definition) is 4.